The van der Waals surface area contributed by atoms with E-state index in [1.165, 1.54) is 6.07 Å². The predicted molar refractivity (Wildman–Crippen MR) is 114 cm³/mol. The van der Waals surface area contributed by atoms with Crippen molar-refractivity contribution in [3.05, 3.63) is 53.6 Å². The van der Waals surface area contributed by atoms with Crippen molar-refractivity contribution in [3.63, 3.8) is 0 Å². The number of halogens is 1. The molecule has 1 fully saturated rings. The molecule has 1 aromatic carbocycles. The van der Waals surface area contributed by atoms with Gasteiger partial charge < -0.3 is 9.64 Å². The summed E-state index contributed by atoms with van der Waals surface area (Å²) >= 11 is 0. The molecule has 2 aromatic rings. The first kappa shape index (κ1) is 22.4. The molecule has 7 heteroatoms. The lowest BCUT2D eigenvalue weighted by atomic mass is 9.95. The Labute approximate surface area is 178 Å². The largest absolute Gasteiger partial charge is 0.383 e. The number of hydrogen-bond donors (Lipinski definition) is 0. The third kappa shape index (κ3) is 6.37. The SMILES string of the molecule is COCCN(CC1CCN(Cc2ccccc2F)CC1)C(=O)CCn1nccc1C. The molecule has 0 saturated carbocycles. The van der Waals surface area contributed by atoms with Gasteiger partial charge >= 0.3 is 0 Å². The van der Waals surface area contributed by atoms with E-state index in [4.69, 9.17) is 4.74 Å². The Morgan fingerprint density at radius 1 is 1.27 bits per heavy atom. The summed E-state index contributed by atoms with van der Waals surface area (Å²) in [6, 6.07) is 8.93. The quantitative estimate of drug-likeness (QED) is 0.597. The van der Waals surface area contributed by atoms with Crippen LogP contribution in [0.2, 0.25) is 0 Å². The molecule has 1 aliphatic rings. The van der Waals surface area contributed by atoms with Crippen molar-refractivity contribution in [1.29, 1.82) is 0 Å². The zero-order valence-corrected chi connectivity index (χ0v) is 18.1. The smallest absolute Gasteiger partial charge is 0.224 e. The van der Waals surface area contributed by atoms with E-state index in [1.54, 1.807) is 19.4 Å². The van der Waals surface area contributed by atoms with Crippen molar-refractivity contribution in [3.8, 4) is 0 Å². The van der Waals surface area contributed by atoms with E-state index in [-0.39, 0.29) is 11.7 Å². The molecule has 0 N–H and O–H groups in total. The van der Waals surface area contributed by atoms with Crippen molar-refractivity contribution in [2.24, 2.45) is 5.92 Å². The number of methoxy groups -OCH3 is 1. The average Bonchev–Trinajstić information content (AvgIpc) is 3.17. The normalized spacial score (nSPS) is 15.4. The van der Waals surface area contributed by atoms with Gasteiger partial charge in [-0.05, 0) is 50.9 Å². The van der Waals surface area contributed by atoms with Crippen LogP contribution in [0.25, 0.3) is 0 Å². The maximum Gasteiger partial charge on any atom is 0.224 e. The monoisotopic (exact) mass is 416 g/mol. The summed E-state index contributed by atoms with van der Waals surface area (Å²) in [6.45, 7) is 7.01. The minimum absolute atomic E-state index is 0.136. The number of amides is 1. The molecule has 1 aliphatic heterocycles. The minimum Gasteiger partial charge on any atom is -0.383 e. The van der Waals surface area contributed by atoms with Gasteiger partial charge in [0.2, 0.25) is 5.91 Å². The van der Waals surface area contributed by atoms with Crippen molar-refractivity contribution in [1.82, 2.24) is 19.6 Å². The van der Waals surface area contributed by atoms with Crippen LogP contribution in [-0.2, 0) is 22.6 Å². The second-order valence-electron chi connectivity index (χ2n) is 8.09. The molecule has 6 nitrogen and oxygen atoms in total. The number of nitrogens with zero attached hydrogens (tertiary/aromatic N) is 4. The minimum atomic E-state index is -0.136. The first-order valence-corrected chi connectivity index (χ1v) is 10.8. The molecule has 1 saturated heterocycles. The van der Waals surface area contributed by atoms with Gasteiger partial charge in [-0.2, -0.15) is 5.10 Å². The number of benzene rings is 1. The van der Waals surface area contributed by atoms with Gasteiger partial charge in [-0.3, -0.25) is 14.4 Å². The van der Waals surface area contributed by atoms with E-state index < -0.39 is 0 Å². The summed E-state index contributed by atoms with van der Waals surface area (Å²) in [7, 11) is 1.66. The Morgan fingerprint density at radius 3 is 2.70 bits per heavy atom. The van der Waals surface area contributed by atoms with Gasteiger partial charge in [0.05, 0.1) is 6.61 Å². The highest BCUT2D eigenvalue weighted by Gasteiger charge is 2.24. The van der Waals surface area contributed by atoms with Crippen LogP contribution in [0.1, 0.15) is 30.5 Å². The maximum atomic E-state index is 13.9. The first-order valence-electron chi connectivity index (χ1n) is 10.8. The van der Waals surface area contributed by atoms with Crippen molar-refractivity contribution in [2.45, 2.75) is 39.3 Å². The Bertz CT molecular complexity index is 802. The third-order valence-corrected chi connectivity index (χ3v) is 5.92. The number of carbonyl (C=O) groups excluding carboxylic acids is 1. The predicted octanol–water partition coefficient (Wildman–Crippen LogP) is 3.11. The number of likely N-dealkylation sites (tertiary alicyclic amines) is 1. The number of aromatic nitrogens is 2. The lowest BCUT2D eigenvalue weighted by Gasteiger charge is -2.35. The molecule has 0 bridgehead atoms. The lowest BCUT2D eigenvalue weighted by Crippen LogP contribution is -2.42. The molecule has 3 rings (SSSR count). The molecule has 1 aromatic heterocycles. The van der Waals surface area contributed by atoms with Gasteiger partial charge in [0.1, 0.15) is 5.82 Å². The highest BCUT2D eigenvalue weighted by Crippen LogP contribution is 2.21. The number of aryl methyl sites for hydroxylation is 2. The fraction of sp³-hybridized carbons (Fsp3) is 0.565. The van der Waals surface area contributed by atoms with E-state index in [2.05, 4.69) is 10.00 Å². The van der Waals surface area contributed by atoms with Crippen LogP contribution >= 0.6 is 0 Å². The highest BCUT2D eigenvalue weighted by atomic mass is 19.1. The standard InChI is InChI=1S/C23H33FN4O2/c1-19-7-11-25-28(19)14-10-23(29)27(15-16-30-2)17-20-8-12-26(13-9-20)18-21-5-3-4-6-22(21)24/h3-7,11,20H,8-10,12-18H2,1-2H3. The summed E-state index contributed by atoms with van der Waals surface area (Å²) < 4.78 is 21.0. The van der Waals surface area contributed by atoms with Gasteiger partial charge in [0.25, 0.3) is 0 Å². The van der Waals surface area contributed by atoms with E-state index in [1.807, 2.05) is 34.7 Å². The second kappa shape index (κ2) is 11.2. The van der Waals surface area contributed by atoms with Gasteiger partial charge in [0, 0.05) is 57.2 Å². The van der Waals surface area contributed by atoms with Crippen LogP contribution in [0, 0.1) is 18.7 Å². The van der Waals surface area contributed by atoms with Crippen LogP contribution in [0.3, 0.4) is 0 Å². The summed E-state index contributed by atoms with van der Waals surface area (Å²) in [5.41, 5.74) is 1.82. The summed E-state index contributed by atoms with van der Waals surface area (Å²) in [5, 5.41) is 4.26. The molecule has 1 amide bonds. The molecule has 0 radical (unpaired) electrons. The van der Waals surface area contributed by atoms with Crippen LogP contribution in [0.4, 0.5) is 4.39 Å². The topological polar surface area (TPSA) is 50.6 Å². The van der Waals surface area contributed by atoms with E-state index in [9.17, 15) is 9.18 Å². The third-order valence-electron chi connectivity index (χ3n) is 5.92. The van der Waals surface area contributed by atoms with Crippen LogP contribution in [0.5, 0.6) is 0 Å². The van der Waals surface area contributed by atoms with Gasteiger partial charge in [-0.15, -0.1) is 0 Å². The fourth-order valence-electron chi connectivity index (χ4n) is 4.02. The number of hydrogen-bond acceptors (Lipinski definition) is 4. The summed E-state index contributed by atoms with van der Waals surface area (Å²) in [5.74, 6) is 0.480. The van der Waals surface area contributed by atoms with Crippen molar-refractivity contribution >= 4 is 5.91 Å². The fourth-order valence-corrected chi connectivity index (χ4v) is 4.02. The van der Waals surface area contributed by atoms with Gasteiger partial charge in [-0.25, -0.2) is 4.39 Å². The van der Waals surface area contributed by atoms with E-state index in [0.717, 1.165) is 43.7 Å². The average molecular weight is 417 g/mol. The van der Waals surface area contributed by atoms with Crippen LogP contribution < -0.4 is 0 Å². The van der Waals surface area contributed by atoms with Crippen LogP contribution in [0.15, 0.2) is 36.5 Å². The Balaban J connectivity index is 1.48. The molecule has 0 spiro atoms. The molecule has 0 unspecified atom stereocenters. The molecular weight excluding hydrogens is 383 g/mol. The molecular formula is C23H33FN4O2. The number of carbonyl (C=O) groups is 1. The first-order chi connectivity index (χ1) is 14.6. The molecule has 30 heavy (non-hydrogen) atoms. The summed E-state index contributed by atoms with van der Waals surface area (Å²) in [4.78, 5) is 17.1. The number of rotatable bonds is 10. The van der Waals surface area contributed by atoms with Gasteiger partial charge in [-0.1, -0.05) is 18.2 Å². The maximum absolute atomic E-state index is 13.9. The van der Waals surface area contributed by atoms with Gasteiger partial charge in [0.15, 0.2) is 0 Å². The van der Waals surface area contributed by atoms with E-state index >= 15 is 0 Å². The summed E-state index contributed by atoms with van der Waals surface area (Å²) in [6.07, 6.45) is 4.24. The number of piperidine rings is 1. The van der Waals surface area contributed by atoms with Crippen molar-refractivity contribution < 1.29 is 13.9 Å². The molecule has 2 heterocycles. The molecule has 0 aliphatic carbocycles. The Hall–Kier alpha value is -2.25. The molecule has 0 atom stereocenters. The van der Waals surface area contributed by atoms with Crippen molar-refractivity contribution in [2.75, 3.05) is 39.9 Å². The van der Waals surface area contributed by atoms with E-state index in [0.29, 0.717) is 38.6 Å². The Kier molecular flexibility index (Phi) is 8.39. The molecule has 164 valence electrons. The van der Waals surface area contributed by atoms with Crippen LogP contribution in [-0.4, -0.2) is 65.4 Å². The lowest BCUT2D eigenvalue weighted by molar-refractivity contribution is -0.133. The Morgan fingerprint density at radius 2 is 2.03 bits per heavy atom. The number of ether oxygens (including phenoxy) is 1. The highest BCUT2D eigenvalue weighted by molar-refractivity contribution is 5.76. The zero-order valence-electron chi connectivity index (χ0n) is 18.1. The zero-order chi connectivity index (χ0) is 21.3. The second-order valence-corrected chi connectivity index (χ2v) is 8.09.